The number of aryl methyl sites for hydroxylation is 1. The van der Waals surface area contributed by atoms with Gasteiger partial charge in [0, 0.05) is 37.1 Å². The second-order valence-corrected chi connectivity index (χ2v) is 12.4. The summed E-state index contributed by atoms with van der Waals surface area (Å²) in [4.78, 5) is 4.96. The van der Waals surface area contributed by atoms with Crippen molar-refractivity contribution in [1.82, 2.24) is 9.80 Å². The Balaban J connectivity index is 1.16. The van der Waals surface area contributed by atoms with Gasteiger partial charge >= 0.3 is 0 Å². The number of nitrogens with zero attached hydrogens (tertiary/aromatic N) is 2. The highest BCUT2D eigenvalue weighted by atomic mass is 19.1. The SMILES string of the molecule is CCN(Cc1ccc(OCCN2C3CCC2CC3)c(F)c1)C1C=C(OC)C(OC)=CC1[C@@H]1CCc2cc(O)ccc2C1. The second kappa shape index (κ2) is 12.7. The lowest BCUT2D eigenvalue weighted by Crippen LogP contribution is -2.44. The fourth-order valence-corrected chi connectivity index (χ4v) is 7.97. The Labute approximate surface area is 249 Å². The summed E-state index contributed by atoms with van der Waals surface area (Å²) >= 11 is 0. The predicted molar refractivity (Wildman–Crippen MR) is 162 cm³/mol. The van der Waals surface area contributed by atoms with Crippen LogP contribution >= 0.6 is 0 Å². The molecule has 2 heterocycles. The standard InChI is InChI=1S/C35H45FN2O4/c1-4-37(22-23-5-14-33(31(36)17-23)42-16-15-38-27-9-10-28(38)12-11-27)32-21-35(41-3)34(40-2)20-30(32)26-7-6-25-19-29(39)13-8-24(25)18-26/h5,8,13-14,17,19-21,26-28,30,32,39H,4,6-7,9-12,15-16,18,22H2,1-3H3/t26-,27?,28?,30?,32?/m1/s1. The molecule has 6 rings (SSSR count). The number of likely N-dealkylation sites (N-methyl/N-ethyl adjacent to an activating group) is 1. The normalized spacial score (nSPS) is 27.0. The molecule has 0 aromatic heterocycles. The summed E-state index contributed by atoms with van der Waals surface area (Å²) in [6.45, 7) is 4.98. The molecule has 2 aromatic carbocycles. The highest BCUT2D eigenvalue weighted by Crippen LogP contribution is 2.40. The summed E-state index contributed by atoms with van der Waals surface area (Å²) in [7, 11) is 3.37. The lowest BCUT2D eigenvalue weighted by atomic mass is 9.72. The van der Waals surface area contributed by atoms with Crippen molar-refractivity contribution in [3.05, 3.63) is 82.6 Å². The van der Waals surface area contributed by atoms with Crippen LogP contribution in [0.1, 0.15) is 55.7 Å². The average Bonchev–Trinajstić information content (AvgIpc) is 3.59. The first-order chi connectivity index (χ1) is 20.5. The number of hydrogen-bond donors (Lipinski definition) is 1. The van der Waals surface area contributed by atoms with Crippen LogP contribution in [0.3, 0.4) is 0 Å². The maximum absolute atomic E-state index is 15.2. The van der Waals surface area contributed by atoms with Crippen LogP contribution in [0.25, 0.3) is 0 Å². The molecule has 0 radical (unpaired) electrons. The van der Waals surface area contributed by atoms with E-state index in [2.05, 4.69) is 34.9 Å². The fourth-order valence-electron chi connectivity index (χ4n) is 7.97. The third kappa shape index (κ3) is 5.91. The lowest BCUT2D eigenvalue weighted by Gasteiger charge is -2.41. The molecule has 1 N–H and O–H groups in total. The number of fused-ring (bicyclic) bond motifs is 3. The Morgan fingerprint density at radius 2 is 1.67 bits per heavy atom. The fraction of sp³-hybridized carbons (Fsp3) is 0.543. The van der Waals surface area contributed by atoms with Crippen molar-refractivity contribution < 1.29 is 23.7 Å². The zero-order valence-corrected chi connectivity index (χ0v) is 25.2. The first-order valence-corrected chi connectivity index (χ1v) is 15.7. The molecule has 2 fully saturated rings. The van der Waals surface area contributed by atoms with Gasteiger partial charge in [0.15, 0.2) is 23.1 Å². The van der Waals surface area contributed by atoms with E-state index >= 15 is 4.39 Å². The van der Waals surface area contributed by atoms with Crippen molar-refractivity contribution in [2.24, 2.45) is 11.8 Å². The first kappa shape index (κ1) is 29.1. The number of ether oxygens (including phenoxy) is 3. The van der Waals surface area contributed by atoms with Crippen LogP contribution in [-0.4, -0.2) is 66.9 Å². The van der Waals surface area contributed by atoms with E-state index in [0.717, 1.165) is 49.4 Å². The molecule has 2 aliphatic carbocycles. The van der Waals surface area contributed by atoms with Crippen LogP contribution in [0.15, 0.2) is 60.1 Å². The van der Waals surface area contributed by atoms with E-state index in [1.54, 1.807) is 32.4 Å². The van der Waals surface area contributed by atoms with Crippen LogP contribution in [0.2, 0.25) is 0 Å². The van der Waals surface area contributed by atoms with Gasteiger partial charge in [-0.05, 0) is 111 Å². The summed E-state index contributed by atoms with van der Waals surface area (Å²) in [5.74, 6) is 2.48. The summed E-state index contributed by atoms with van der Waals surface area (Å²) in [5.41, 5.74) is 3.46. The molecule has 2 aliphatic heterocycles. The van der Waals surface area contributed by atoms with E-state index < -0.39 is 0 Å². The number of hydrogen-bond acceptors (Lipinski definition) is 6. The van der Waals surface area contributed by atoms with Gasteiger partial charge in [-0.1, -0.05) is 19.1 Å². The molecule has 0 amide bonds. The zero-order valence-electron chi connectivity index (χ0n) is 25.2. The van der Waals surface area contributed by atoms with E-state index in [9.17, 15) is 5.11 Å². The van der Waals surface area contributed by atoms with Crippen molar-refractivity contribution in [3.8, 4) is 11.5 Å². The van der Waals surface area contributed by atoms with E-state index in [0.29, 0.717) is 42.7 Å². The maximum atomic E-state index is 15.2. The molecule has 2 aromatic rings. The average molecular weight is 577 g/mol. The monoisotopic (exact) mass is 576 g/mol. The number of halogens is 1. The van der Waals surface area contributed by atoms with Gasteiger partial charge in [0.05, 0.1) is 14.2 Å². The Morgan fingerprint density at radius 1 is 0.929 bits per heavy atom. The highest BCUT2D eigenvalue weighted by molar-refractivity contribution is 5.38. The highest BCUT2D eigenvalue weighted by Gasteiger charge is 2.39. The summed E-state index contributed by atoms with van der Waals surface area (Å²) < 4.78 is 32.6. The number of aromatic hydroxyl groups is 1. The van der Waals surface area contributed by atoms with Crippen LogP contribution in [-0.2, 0) is 28.9 Å². The van der Waals surface area contributed by atoms with E-state index in [1.165, 1.54) is 36.8 Å². The first-order valence-electron chi connectivity index (χ1n) is 15.7. The van der Waals surface area contributed by atoms with E-state index in [1.807, 2.05) is 12.1 Å². The third-order valence-electron chi connectivity index (χ3n) is 10.2. The van der Waals surface area contributed by atoms with Gasteiger partial charge in [0.25, 0.3) is 0 Å². The smallest absolute Gasteiger partial charge is 0.165 e. The molecule has 4 aliphatic rings. The molecule has 0 saturated carbocycles. The van der Waals surface area contributed by atoms with Crippen LogP contribution in [0, 0.1) is 17.7 Å². The van der Waals surface area contributed by atoms with Crippen LogP contribution in [0.5, 0.6) is 11.5 Å². The number of phenolic OH excluding ortho intramolecular Hbond substituents is 1. The van der Waals surface area contributed by atoms with Gasteiger partial charge in [-0.2, -0.15) is 0 Å². The molecule has 2 bridgehead atoms. The molecule has 226 valence electrons. The van der Waals surface area contributed by atoms with Gasteiger partial charge in [-0.3, -0.25) is 9.80 Å². The Hall–Kier alpha value is -3.03. The lowest BCUT2D eigenvalue weighted by molar-refractivity contribution is 0.132. The van der Waals surface area contributed by atoms with Crippen LogP contribution in [0.4, 0.5) is 4.39 Å². The minimum atomic E-state index is -0.296. The van der Waals surface area contributed by atoms with Crippen molar-refractivity contribution in [2.45, 2.75) is 76.5 Å². The van der Waals surface area contributed by atoms with Gasteiger partial charge in [-0.15, -0.1) is 0 Å². The summed E-state index contributed by atoms with van der Waals surface area (Å²) in [5, 5.41) is 9.97. The number of methoxy groups -OCH3 is 2. The largest absolute Gasteiger partial charge is 0.508 e. The second-order valence-electron chi connectivity index (χ2n) is 12.4. The van der Waals surface area contributed by atoms with Crippen molar-refractivity contribution in [1.29, 1.82) is 0 Å². The minimum Gasteiger partial charge on any atom is -0.508 e. The molecule has 2 saturated heterocycles. The number of phenols is 1. The molecule has 3 atom stereocenters. The molecule has 2 unspecified atom stereocenters. The van der Waals surface area contributed by atoms with Crippen molar-refractivity contribution in [3.63, 3.8) is 0 Å². The summed E-state index contributed by atoms with van der Waals surface area (Å²) in [6.07, 6.45) is 12.5. The van der Waals surface area contributed by atoms with Gasteiger partial charge < -0.3 is 19.3 Å². The molecule has 42 heavy (non-hydrogen) atoms. The topological polar surface area (TPSA) is 54.4 Å². The Bertz CT molecular complexity index is 1310. The minimum absolute atomic E-state index is 0.0716. The molecule has 6 nitrogen and oxygen atoms in total. The van der Waals surface area contributed by atoms with Crippen molar-refractivity contribution in [2.75, 3.05) is 33.9 Å². The predicted octanol–water partition coefficient (Wildman–Crippen LogP) is 6.22. The van der Waals surface area contributed by atoms with Gasteiger partial charge in [0.1, 0.15) is 12.4 Å². The summed E-state index contributed by atoms with van der Waals surface area (Å²) in [6, 6.07) is 12.7. The van der Waals surface area contributed by atoms with E-state index in [4.69, 9.17) is 14.2 Å². The zero-order chi connectivity index (χ0) is 29.2. The Kier molecular flexibility index (Phi) is 8.77. The molecule has 0 spiro atoms. The van der Waals surface area contributed by atoms with Crippen LogP contribution < -0.4 is 4.74 Å². The molecular formula is C35H45FN2O4. The third-order valence-corrected chi connectivity index (χ3v) is 10.2. The maximum Gasteiger partial charge on any atom is 0.165 e. The quantitative estimate of drug-likeness (QED) is 0.343. The molecular weight excluding hydrogens is 531 g/mol. The number of benzene rings is 2. The van der Waals surface area contributed by atoms with Gasteiger partial charge in [0.2, 0.25) is 0 Å². The molecule has 7 heteroatoms. The van der Waals surface area contributed by atoms with Crippen molar-refractivity contribution >= 4 is 0 Å². The number of rotatable bonds is 11. The van der Waals surface area contributed by atoms with Gasteiger partial charge in [-0.25, -0.2) is 4.39 Å². The Morgan fingerprint density at radius 3 is 2.36 bits per heavy atom. The van der Waals surface area contributed by atoms with E-state index in [-0.39, 0.29) is 17.8 Å².